The zero-order valence-corrected chi connectivity index (χ0v) is 49.6. The molecule has 0 radical (unpaired) electrons. The lowest BCUT2D eigenvalue weighted by Gasteiger charge is -2.47. The van der Waals surface area contributed by atoms with Crippen LogP contribution in [0.1, 0.15) is 44.9 Å². The van der Waals surface area contributed by atoms with Crippen LogP contribution >= 0.6 is 23.5 Å². The van der Waals surface area contributed by atoms with Gasteiger partial charge in [-0.25, -0.2) is 0 Å². The summed E-state index contributed by atoms with van der Waals surface area (Å²) in [7, 11) is -17.0. The molecular weight excluding hydrogens is 1290 g/mol. The number of phosphoric ester groups is 3. The second-order valence-corrected chi connectivity index (χ2v) is 25.5. The van der Waals surface area contributed by atoms with E-state index in [0.29, 0.717) is 12.8 Å². The second-order valence-electron chi connectivity index (χ2n) is 21.4. The third kappa shape index (κ3) is 19.8. The highest BCUT2D eigenvalue weighted by atomic mass is 31.2. The van der Waals surface area contributed by atoms with Crippen molar-refractivity contribution in [2.45, 2.75) is 229 Å². The van der Waals surface area contributed by atoms with E-state index in [-0.39, 0.29) is 6.61 Å². The molecule has 3 unspecified atom stereocenters. The summed E-state index contributed by atoms with van der Waals surface area (Å²) in [6.45, 7) is -3.74. The molecular formula is C46H80O40P3-3. The molecule has 6 heterocycles. The number of aliphatic hydroxyl groups is 19. The summed E-state index contributed by atoms with van der Waals surface area (Å²) in [5.41, 5.74) is 0. The average molecular weight is 1370 g/mol. The lowest BCUT2D eigenvalue weighted by Crippen LogP contribution is -2.65. The maximum Gasteiger partial charge on any atom is 0.270 e. The lowest BCUT2D eigenvalue weighted by atomic mass is 9.97. The number of aliphatic hydroxyl groups excluding tert-OH is 19. The molecule has 6 saturated heterocycles. The Balaban J connectivity index is 1.02. The standard InChI is InChI=1S/C46H83O40P3/c1-2-3-4-5-6-7-8-9-10-72-87(66,67)84-44-36(64)31(59)38(19(13-49)77-44)81-42-34(62)28(56)25(53)21(79-42)15-73-88(68,69)85-45-37(65)32(60)39(20(14-50)78-45)82-43-35(63)29(57)26(54)22(80-43)16-74-89(70,71)86-46-40(30(58)24(52)18(12-48)76-46)83-41-33(61)27(55)23(51)17(11-47)75-41/h2,17-65H,1,3-16H2,(H,66,67)(H,68,69)(H,70,71)/p-3/t17-,18-,19-,20-,21-,22-,23-,24-,25+,26+,27+,28+,29+,30+,31-,32-,33+,34-,35-,36+,37+,38-,39-,40+,41-,42+,43+,44-,45-,46-/m1/s1. The number of unbranched alkanes of at least 4 members (excludes halogenated alkanes) is 6. The van der Waals surface area contributed by atoms with Crippen LogP contribution in [0.2, 0.25) is 0 Å². The van der Waals surface area contributed by atoms with Crippen LogP contribution in [-0.2, 0) is 83.5 Å². The summed E-state index contributed by atoms with van der Waals surface area (Å²) in [4.78, 5) is 39.0. The van der Waals surface area contributed by atoms with Crippen LogP contribution < -0.4 is 14.7 Å². The average Bonchev–Trinajstić information content (AvgIpc) is 1.60. The van der Waals surface area contributed by atoms with Gasteiger partial charge >= 0.3 is 0 Å². The zero-order chi connectivity index (χ0) is 66.0. The van der Waals surface area contributed by atoms with Gasteiger partial charge in [-0.3, -0.25) is 27.3 Å². The van der Waals surface area contributed by atoms with E-state index in [0.717, 1.165) is 32.1 Å². The quantitative estimate of drug-likeness (QED) is 0.0169. The molecule has 6 rings (SSSR count). The molecule has 43 heteroatoms. The minimum absolute atomic E-state index is 0.299. The largest absolute Gasteiger partial charge is 0.756 e. The minimum atomic E-state index is -5.92. The Bertz CT molecular complexity index is 2280. The molecule has 19 N–H and O–H groups in total. The van der Waals surface area contributed by atoms with Crippen molar-refractivity contribution in [1.29, 1.82) is 0 Å². The fourth-order valence-corrected chi connectivity index (χ4v) is 12.4. The van der Waals surface area contributed by atoms with Gasteiger partial charge in [0.25, 0.3) is 23.5 Å². The van der Waals surface area contributed by atoms with Gasteiger partial charge in [0.05, 0.1) is 46.2 Å². The predicted octanol–water partition coefficient (Wildman–Crippen LogP) is -11.7. The van der Waals surface area contributed by atoms with E-state index < -0.39 is 247 Å². The van der Waals surface area contributed by atoms with Crippen molar-refractivity contribution < 1.29 is 195 Å². The van der Waals surface area contributed by atoms with Crippen molar-refractivity contribution in [2.24, 2.45) is 0 Å². The molecule has 522 valence electrons. The van der Waals surface area contributed by atoms with Gasteiger partial charge in [-0.1, -0.05) is 31.8 Å². The Hall–Kier alpha value is -1.05. The summed E-state index contributed by atoms with van der Waals surface area (Å²) in [5.74, 6) is 0. The SMILES string of the molecule is C=CCCCCCCCCOP(=O)([O-])O[C@H]1O[C@H](CO)[C@@H](O[C@@H]2O[C@H](COP(=O)([O-])O[C@H]3O[C@H](CO)[C@@H](O[C@@H]4O[C@H](COP(=O)([O-])O[C@H]5O[C@H](CO)[C@@H](O)[C@H](O)[C@@H]5O[C@H]5O[C@H](CO)[C@@H](O)[C@H](O)[C@@H]5O)[C@H](O)[C@H](O)[C@H]4O)[C@H](O)[C@@H]3O)[C@H](O)[C@H](O)[C@H]2O)[C@H](O)[C@@H]1O. The van der Waals surface area contributed by atoms with Gasteiger partial charge < -0.3 is 168 Å². The van der Waals surface area contributed by atoms with Gasteiger partial charge in [0.15, 0.2) is 37.7 Å². The summed E-state index contributed by atoms with van der Waals surface area (Å²) in [6.07, 6.45) is -57.6. The molecule has 0 aromatic heterocycles. The zero-order valence-electron chi connectivity index (χ0n) is 46.9. The molecule has 6 aliphatic heterocycles. The fourth-order valence-electron chi connectivity index (χ4n) is 9.96. The first-order valence-corrected chi connectivity index (χ1v) is 32.3. The normalized spacial score (nSPS) is 45.3. The Morgan fingerprint density at radius 1 is 0.337 bits per heavy atom. The van der Waals surface area contributed by atoms with Crippen molar-refractivity contribution >= 4 is 23.5 Å². The van der Waals surface area contributed by atoms with Crippen molar-refractivity contribution in [3.8, 4) is 0 Å². The second kappa shape index (κ2) is 34.2. The number of hydrogen-bond donors (Lipinski definition) is 19. The third-order valence-corrected chi connectivity index (χ3v) is 17.9. The van der Waals surface area contributed by atoms with Crippen LogP contribution in [0.3, 0.4) is 0 Å². The first-order chi connectivity index (χ1) is 41.8. The molecule has 33 atom stereocenters. The van der Waals surface area contributed by atoms with E-state index in [4.69, 9.17) is 69.8 Å². The molecule has 0 bridgehead atoms. The van der Waals surface area contributed by atoms with Crippen LogP contribution in [0.4, 0.5) is 0 Å². The Kier molecular flexibility index (Phi) is 29.6. The van der Waals surface area contributed by atoms with Gasteiger partial charge in [0, 0.05) is 0 Å². The van der Waals surface area contributed by atoms with Gasteiger partial charge in [-0.2, -0.15) is 0 Å². The Morgan fingerprint density at radius 2 is 0.629 bits per heavy atom. The van der Waals surface area contributed by atoms with Crippen molar-refractivity contribution in [2.75, 3.05) is 46.2 Å². The molecule has 6 aliphatic rings. The fraction of sp³-hybridized carbons (Fsp3) is 0.957. The molecule has 0 amide bonds. The van der Waals surface area contributed by atoms with Crippen molar-refractivity contribution in [3.05, 3.63) is 12.7 Å². The number of phosphoric acid groups is 3. The molecule has 0 saturated carbocycles. The summed E-state index contributed by atoms with van der Waals surface area (Å²) >= 11 is 0. The summed E-state index contributed by atoms with van der Waals surface area (Å²) in [5, 5.41) is 200. The first-order valence-electron chi connectivity index (χ1n) is 27.9. The van der Waals surface area contributed by atoms with Crippen molar-refractivity contribution in [3.63, 3.8) is 0 Å². The molecule has 0 aromatic carbocycles. The van der Waals surface area contributed by atoms with E-state index in [1.165, 1.54) is 0 Å². The maximum atomic E-state index is 13.3. The van der Waals surface area contributed by atoms with E-state index in [1.807, 2.05) is 0 Å². The van der Waals surface area contributed by atoms with Gasteiger partial charge in [0.2, 0.25) is 0 Å². The highest BCUT2D eigenvalue weighted by Gasteiger charge is 2.56. The van der Waals surface area contributed by atoms with Crippen molar-refractivity contribution in [1.82, 2.24) is 0 Å². The first kappa shape index (κ1) is 77.0. The van der Waals surface area contributed by atoms with E-state index >= 15 is 0 Å². The van der Waals surface area contributed by atoms with Crippen LogP contribution in [0.15, 0.2) is 12.7 Å². The summed E-state index contributed by atoms with van der Waals surface area (Å²) < 4.78 is 116. The number of ether oxygens (including phenoxy) is 9. The van der Waals surface area contributed by atoms with Crippen LogP contribution in [-0.4, -0.2) is 328 Å². The predicted molar refractivity (Wildman–Crippen MR) is 271 cm³/mol. The van der Waals surface area contributed by atoms with Crippen LogP contribution in [0, 0.1) is 0 Å². The van der Waals surface area contributed by atoms with Crippen LogP contribution in [0.25, 0.3) is 0 Å². The third-order valence-electron chi connectivity index (χ3n) is 15.1. The molecule has 6 fully saturated rings. The highest BCUT2D eigenvalue weighted by Crippen LogP contribution is 2.47. The molecule has 0 aliphatic carbocycles. The summed E-state index contributed by atoms with van der Waals surface area (Å²) in [6, 6.07) is 0. The Labute approximate surface area is 505 Å². The van der Waals surface area contributed by atoms with Gasteiger partial charge in [-0.05, 0) is 19.3 Å². The topological polar surface area (TPSA) is 643 Å². The molecule has 0 spiro atoms. The molecule has 89 heavy (non-hydrogen) atoms. The maximum absolute atomic E-state index is 13.3. The van der Waals surface area contributed by atoms with Gasteiger partial charge in [0.1, 0.15) is 146 Å². The minimum Gasteiger partial charge on any atom is -0.756 e. The Morgan fingerprint density at radius 3 is 1.03 bits per heavy atom. The molecule has 0 aromatic rings. The number of rotatable bonds is 32. The number of hydrogen-bond acceptors (Lipinski definition) is 40. The monoisotopic (exact) mass is 1370 g/mol. The number of allylic oxidation sites excluding steroid dienone is 1. The van der Waals surface area contributed by atoms with Crippen LogP contribution in [0.5, 0.6) is 0 Å². The smallest absolute Gasteiger partial charge is 0.270 e. The highest BCUT2D eigenvalue weighted by molar-refractivity contribution is 7.46. The molecule has 40 nitrogen and oxygen atoms in total. The van der Waals surface area contributed by atoms with Gasteiger partial charge in [-0.15, -0.1) is 6.58 Å². The van der Waals surface area contributed by atoms with E-state index in [2.05, 4.69) is 6.58 Å². The van der Waals surface area contributed by atoms with E-state index in [1.54, 1.807) is 6.08 Å². The van der Waals surface area contributed by atoms with E-state index in [9.17, 15) is 125 Å². The lowest BCUT2D eigenvalue weighted by molar-refractivity contribution is -0.366.